The molecule has 12 N–H and O–H groups in total. The van der Waals surface area contributed by atoms with E-state index in [1.165, 1.54) is 83.5 Å². The predicted molar refractivity (Wildman–Crippen MR) is 272 cm³/mol. The quantitative estimate of drug-likeness (QED) is 0.0310. The number of hydrogen-bond donors (Lipinski definition) is 12. The van der Waals surface area contributed by atoms with E-state index in [2.05, 4.69) is 43.5 Å². The van der Waals surface area contributed by atoms with Gasteiger partial charge >= 0.3 is 0 Å². The minimum Gasteiger partial charge on any atom is -0.394 e. The number of carbonyl (C=O) groups excluding carboxylic acids is 1. The molecule has 0 aliphatic carbocycles. The van der Waals surface area contributed by atoms with Crippen LogP contribution in [0.3, 0.4) is 0 Å². The lowest BCUT2D eigenvalue weighted by Crippen LogP contribution is -2.66. The lowest BCUT2D eigenvalue weighted by molar-refractivity contribution is -0.379. The zero-order valence-corrected chi connectivity index (χ0v) is 43.9. The zero-order chi connectivity index (χ0) is 53.4. The summed E-state index contributed by atoms with van der Waals surface area (Å²) in [6.07, 6.45) is 12.2. The van der Waals surface area contributed by atoms with Crippen LogP contribution in [0.25, 0.3) is 0 Å². The molecule has 0 bridgehead atoms. The lowest BCUT2D eigenvalue weighted by Gasteiger charge is -2.48. The van der Waals surface area contributed by atoms with E-state index < -0.39 is 124 Å². The third kappa shape index (κ3) is 23.7. The van der Waals surface area contributed by atoms with Crippen molar-refractivity contribution in [1.82, 2.24) is 5.32 Å². The summed E-state index contributed by atoms with van der Waals surface area (Å²) in [6, 6.07) is -0.989. The summed E-state index contributed by atoms with van der Waals surface area (Å²) in [5.74, 6) is -0.305. The molecule has 3 fully saturated rings. The van der Waals surface area contributed by atoms with Gasteiger partial charge in [0.1, 0.15) is 73.2 Å². The fraction of sp³-hybridized carbons (Fsp3) is 0.870. The van der Waals surface area contributed by atoms with Gasteiger partial charge in [0, 0.05) is 6.42 Å². The summed E-state index contributed by atoms with van der Waals surface area (Å²) in [7, 11) is 0. The summed E-state index contributed by atoms with van der Waals surface area (Å²) < 4.78 is 34.0. The van der Waals surface area contributed by atoms with E-state index >= 15 is 0 Å². The minimum atomic E-state index is -1.98. The third-order valence-electron chi connectivity index (χ3n) is 13.9. The molecule has 17 unspecified atom stereocenters. The Balaban J connectivity index is 1.47. The highest BCUT2D eigenvalue weighted by atomic mass is 16.8. The number of nitrogens with one attached hydrogen (secondary N) is 1. The highest BCUT2D eigenvalue weighted by Crippen LogP contribution is 2.33. The summed E-state index contributed by atoms with van der Waals surface area (Å²) >= 11 is 0. The topological polar surface area (TPSA) is 307 Å². The van der Waals surface area contributed by atoms with Crippen molar-refractivity contribution in [3.05, 3.63) is 36.5 Å². The maximum Gasteiger partial charge on any atom is 0.220 e. The van der Waals surface area contributed by atoms with E-state index in [0.29, 0.717) is 12.8 Å². The Labute approximate surface area is 434 Å². The molecule has 17 atom stereocenters. The molecule has 3 aliphatic heterocycles. The highest BCUT2D eigenvalue weighted by molar-refractivity contribution is 5.76. The van der Waals surface area contributed by atoms with Gasteiger partial charge in [-0.15, -0.1) is 0 Å². The van der Waals surface area contributed by atoms with Gasteiger partial charge in [-0.2, -0.15) is 0 Å². The first-order chi connectivity index (χ1) is 35.3. The van der Waals surface area contributed by atoms with E-state index in [1.807, 2.05) is 6.08 Å². The van der Waals surface area contributed by atoms with Gasteiger partial charge in [-0.05, 0) is 44.9 Å². The standard InChI is InChI=1S/C54H97NO18/c1-3-5-7-9-10-11-12-13-14-15-16-17-18-19-20-21-22-23-24-25-26-28-29-31-38(59)37(55-42(60)32-30-27-8-6-4-2)36-68-52-48(66)45(63)50(40(34-57)70-52)73-54-49(67)46(64)51(41(35-58)71-54)72-53-47(65)44(62)43(61)39(33-56)69-53/h20-21,24-25,29,31,37-41,43-54,56-59,61-67H,3-19,22-23,26-28,30,32-36H2,1-2H3,(H,55,60)/b21-20+,25-24+,31-29+. The van der Waals surface area contributed by atoms with Crippen molar-refractivity contribution in [1.29, 1.82) is 0 Å². The largest absolute Gasteiger partial charge is 0.394 e. The van der Waals surface area contributed by atoms with Gasteiger partial charge in [0.2, 0.25) is 5.91 Å². The number of aliphatic hydroxyl groups is 11. The Kier molecular flexibility index (Phi) is 34.5. The molecule has 73 heavy (non-hydrogen) atoms. The van der Waals surface area contributed by atoms with Crippen LogP contribution in [0.4, 0.5) is 0 Å². The lowest BCUT2D eigenvalue weighted by atomic mass is 9.96. The zero-order valence-electron chi connectivity index (χ0n) is 43.9. The number of unbranched alkanes of at least 4 members (excludes halogenated alkanes) is 19. The molecule has 3 rings (SSSR count). The Hall–Kier alpha value is -1.99. The molecule has 3 aliphatic rings. The number of ether oxygens (including phenoxy) is 6. The molecule has 3 saturated heterocycles. The first-order valence-electron chi connectivity index (χ1n) is 27.7. The van der Waals surface area contributed by atoms with Gasteiger partial charge < -0.3 is 89.9 Å². The van der Waals surface area contributed by atoms with Crippen molar-refractivity contribution < 1.29 is 89.4 Å². The molecule has 426 valence electrons. The minimum absolute atomic E-state index is 0.227. The molecular weight excluding hydrogens is 951 g/mol. The van der Waals surface area contributed by atoms with Gasteiger partial charge in [0.15, 0.2) is 18.9 Å². The predicted octanol–water partition coefficient (Wildman–Crippen LogP) is 3.37. The van der Waals surface area contributed by atoms with Crippen LogP contribution in [0, 0.1) is 0 Å². The Morgan fingerprint density at radius 1 is 0.479 bits per heavy atom. The van der Waals surface area contributed by atoms with Crippen LogP contribution in [0.2, 0.25) is 0 Å². The maximum atomic E-state index is 13.0. The maximum absolute atomic E-state index is 13.0. The molecule has 0 radical (unpaired) electrons. The van der Waals surface area contributed by atoms with Gasteiger partial charge in [0.25, 0.3) is 0 Å². The third-order valence-corrected chi connectivity index (χ3v) is 13.9. The van der Waals surface area contributed by atoms with Crippen molar-refractivity contribution in [3.63, 3.8) is 0 Å². The van der Waals surface area contributed by atoms with E-state index in [1.54, 1.807) is 6.08 Å². The van der Waals surface area contributed by atoms with Crippen molar-refractivity contribution in [3.8, 4) is 0 Å². The van der Waals surface area contributed by atoms with Crippen LogP contribution >= 0.6 is 0 Å². The van der Waals surface area contributed by atoms with E-state index in [4.69, 9.17) is 28.4 Å². The van der Waals surface area contributed by atoms with Gasteiger partial charge in [0.05, 0.1) is 38.6 Å². The second-order valence-electron chi connectivity index (χ2n) is 20.0. The van der Waals surface area contributed by atoms with E-state index in [9.17, 15) is 61.0 Å². The number of allylic oxidation sites excluding steroid dienone is 5. The van der Waals surface area contributed by atoms with Gasteiger partial charge in [-0.25, -0.2) is 0 Å². The number of aliphatic hydroxyl groups excluding tert-OH is 11. The monoisotopic (exact) mass is 1050 g/mol. The molecule has 0 aromatic carbocycles. The average molecular weight is 1050 g/mol. The number of rotatable bonds is 39. The molecule has 1 amide bonds. The molecule has 0 aromatic rings. The Morgan fingerprint density at radius 3 is 1.37 bits per heavy atom. The fourth-order valence-electron chi connectivity index (χ4n) is 9.28. The van der Waals surface area contributed by atoms with Crippen LogP contribution in [0.5, 0.6) is 0 Å². The van der Waals surface area contributed by atoms with Crippen LogP contribution in [-0.2, 0) is 33.2 Å². The summed E-state index contributed by atoms with van der Waals surface area (Å²) in [5.41, 5.74) is 0. The van der Waals surface area contributed by atoms with Gasteiger partial charge in [-0.1, -0.05) is 153 Å². The van der Waals surface area contributed by atoms with E-state index in [-0.39, 0.29) is 18.9 Å². The van der Waals surface area contributed by atoms with Crippen molar-refractivity contribution in [2.75, 3.05) is 26.4 Å². The molecule has 0 saturated carbocycles. The fourth-order valence-corrected chi connectivity index (χ4v) is 9.28. The number of hydrogen-bond acceptors (Lipinski definition) is 18. The number of amides is 1. The molecule has 19 heteroatoms. The summed E-state index contributed by atoms with van der Waals surface area (Å²) in [4.78, 5) is 13.0. The Morgan fingerprint density at radius 2 is 0.877 bits per heavy atom. The van der Waals surface area contributed by atoms with Crippen molar-refractivity contribution in [2.45, 2.75) is 272 Å². The van der Waals surface area contributed by atoms with E-state index in [0.717, 1.165) is 51.4 Å². The summed E-state index contributed by atoms with van der Waals surface area (Å²) in [6.45, 7) is 1.56. The molecule has 0 aromatic heterocycles. The van der Waals surface area contributed by atoms with Crippen LogP contribution in [0.1, 0.15) is 168 Å². The van der Waals surface area contributed by atoms with Crippen LogP contribution in [0.15, 0.2) is 36.5 Å². The Bertz CT molecular complexity index is 1490. The normalized spacial score (nSPS) is 32.0. The molecular formula is C54H97NO18. The van der Waals surface area contributed by atoms with Gasteiger partial charge in [-0.3, -0.25) is 4.79 Å². The highest BCUT2D eigenvalue weighted by Gasteiger charge is 2.53. The molecule has 19 nitrogen and oxygen atoms in total. The van der Waals surface area contributed by atoms with Crippen LogP contribution in [-0.4, -0.2) is 193 Å². The SMILES string of the molecule is CCCCCCCCCCCCCCC/C=C/CC/C=C/CC/C=C/C(O)C(COC1OC(CO)C(OC2OC(CO)C(OC3OC(CO)C(O)C(O)C3O)C(O)C2O)C(O)C1O)NC(=O)CCCCCCC. The molecule has 0 spiro atoms. The van der Waals surface area contributed by atoms with Crippen molar-refractivity contribution in [2.24, 2.45) is 0 Å². The number of carbonyl (C=O) groups is 1. The van der Waals surface area contributed by atoms with Crippen molar-refractivity contribution >= 4 is 5.91 Å². The first-order valence-corrected chi connectivity index (χ1v) is 27.7. The smallest absolute Gasteiger partial charge is 0.220 e. The second-order valence-corrected chi connectivity index (χ2v) is 20.0. The molecule has 3 heterocycles. The average Bonchev–Trinajstić information content (AvgIpc) is 3.38. The second kappa shape index (κ2) is 38.5. The summed E-state index contributed by atoms with van der Waals surface area (Å²) in [5, 5.41) is 119. The first kappa shape index (κ1) is 65.3. The van der Waals surface area contributed by atoms with Crippen LogP contribution < -0.4 is 5.32 Å².